The first-order chi connectivity index (χ1) is 6.06. The van der Waals surface area contributed by atoms with E-state index in [9.17, 15) is 10.2 Å². The van der Waals surface area contributed by atoms with Crippen molar-refractivity contribution in [1.82, 2.24) is 0 Å². The molecule has 0 aliphatic heterocycles. The van der Waals surface area contributed by atoms with Gasteiger partial charge in [-0.1, -0.05) is 15.9 Å². The zero-order valence-electron chi connectivity index (χ0n) is 7.41. The molecule has 0 aliphatic rings. The molecule has 13 heavy (non-hydrogen) atoms. The minimum atomic E-state index is -0.716. The summed E-state index contributed by atoms with van der Waals surface area (Å²) in [5.41, 5.74) is 0.450. The Morgan fingerprint density at radius 2 is 2.08 bits per heavy atom. The SMILES string of the molecule is COc1cc(Br)cc(C(C)O)c1O. The minimum Gasteiger partial charge on any atom is -0.504 e. The van der Waals surface area contributed by atoms with Gasteiger partial charge in [-0.25, -0.2) is 0 Å². The molecule has 2 N–H and O–H groups in total. The Labute approximate surface area is 85.1 Å². The quantitative estimate of drug-likeness (QED) is 0.842. The van der Waals surface area contributed by atoms with Gasteiger partial charge in [-0.3, -0.25) is 0 Å². The van der Waals surface area contributed by atoms with Crippen LogP contribution in [-0.2, 0) is 0 Å². The lowest BCUT2D eigenvalue weighted by atomic mass is 10.1. The van der Waals surface area contributed by atoms with E-state index in [0.29, 0.717) is 11.3 Å². The molecule has 0 heterocycles. The second-order valence-corrected chi connectivity index (χ2v) is 3.64. The van der Waals surface area contributed by atoms with Gasteiger partial charge in [0.25, 0.3) is 0 Å². The van der Waals surface area contributed by atoms with Crippen LogP contribution in [0, 0.1) is 0 Å². The third kappa shape index (κ3) is 2.14. The molecule has 0 radical (unpaired) electrons. The zero-order chi connectivity index (χ0) is 10.0. The number of methoxy groups -OCH3 is 1. The molecule has 1 unspecified atom stereocenters. The van der Waals surface area contributed by atoms with Crippen molar-refractivity contribution in [2.45, 2.75) is 13.0 Å². The molecule has 0 saturated carbocycles. The van der Waals surface area contributed by atoms with E-state index in [2.05, 4.69) is 15.9 Å². The highest BCUT2D eigenvalue weighted by atomic mass is 79.9. The van der Waals surface area contributed by atoms with E-state index < -0.39 is 6.10 Å². The molecule has 0 bridgehead atoms. The number of rotatable bonds is 2. The van der Waals surface area contributed by atoms with Gasteiger partial charge in [0.1, 0.15) is 0 Å². The summed E-state index contributed by atoms with van der Waals surface area (Å²) in [5, 5.41) is 18.9. The molecule has 0 amide bonds. The maximum atomic E-state index is 9.58. The van der Waals surface area contributed by atoms with Gasteiger partial charge in [0.05, 0.1) is 13.2 Å². The Kier molecular flexibility index (Phi) is 3.17. The van der Waals surface area contributed by atoms with Gasteiger partial charge in [-0.15, -0.1) is 0 Å². The molecular weight excluding hydrogens is 236 g/mol. The molecule has 1 aromatic rings. The van der Waals surface area contributed by atoms with Gasteiger partial charge in [0.15, 0.2) is 11.5 Å². The van der Waals surface area contributed by atoms with Crippen molar-refractivity contribution < 1.29 is 14.9 Å². The van der Waals surface area contributed by atoms with Crippen LogP contribution in [0.2, 0.25) is 0 Å². The average Bonchev–Trinajstić information content (AvgIpc) is 2.08. The summed E-state index contributed by atoms with van der Waals surface area (Å²) in [6.07, 6.45) is -0.716. The summed E-state index contributed by atoms with van der Waals surface area (Å²) in [6, 6.07) is 3.30. The van der Waals surface area contributed by atoms with Crippen molar-refractivity contribution in [1.29, 1.82) is 0 Å². The topological polar surface area (TPSA) is 49.7 Å². The summed E-state index contributed by atoms with van der Waals surface area (Å²) in [6.45, 7) is 1.58. The van der Waals surface area contributed by atoms with Gasteiger partial charge in [0, 0.05) is 10.0 Å². The summed E-state index contributed by atoms with van der Waals surface area (Å²) >= 11 is 3.25. The zero-order valence-corrected chi connectivity index (χ0v) is 9.00. The van der Waals surface area contributed by atoms with Gasteiger partial charge < -0.3 is 14.9 Å². The predicted molar refractivity (Wildman–Crippen MR) is 53.0 cm³/mol. The van der Waals surface area contributed by atoms with E-state index >= 15 is 0 Å². The predicted octanol–water partition coefficient (Wildman–Crippen LogP) is 2.22. The Balaban J connectivity index is 3.27. The fourth-order valence-corrected chi connectivity index (χ4v) is 1.52. The summed E-state index contributed by atoms with van der Waals surface area (Å²) in [5.74, 6) is 0.339. The molecule has 0 aliphatic carbocycles. The van der Waals surface area contributed by atoms with E-state index in [-0.39, 0.29) is 5.75 Å². The van der Waals surface area contributed by atoms with Crippen molar-refractivity contribution >= 4 is 15.9 Å². The van der Waals surface area contributed by atoms with Crippen LogP contribution < -0.4 is 4.74 Å². The lowest BCUT2D eigenvalue weighted by molar-refractivity contribution is 0.193. The number of aliphatic hydroxyl groups is 1. The van der Waals surface area contributed by atoms with Crippen LogP contribution in [0.15, 0.2) is 16.6 Å². The minimum absolute atomic E-state index is 0.0132. The third-order valence-electron chi connectivity index (χ3n) is 1.74. The number of phenols is 1. The van der Waals surface area contributed by atoms with Crippen LogP contribution in [0.25, 0.3) is 0 Å². The summed E-state index contributed by atoms with van der Waals surface area (Å²) in [7, 11) is 1.47. The molecule has 4 heteroatoms. The maximum absolute atomic E-state index is 9.58. The van der Waals surface area contributed by atoms with Crippen LogP contribution in [0.3, 0.4) is 0 Å². The monoisotopic (exact) mass is 246 g/mol. The lowest BCUT2D eigenvalue weighted by Crippen LogP contribution is -1.94. The number of aromatic hydroxyl groups is 1. The first kappa shape index (κ1) is 10.3. The van der Waals surface area contributed by atoms with Crippen molar-refractivity contribution in [3.63, 3.8) is 0 Å². The normalized spacial score (nSPS) is 12.6. The van der Waals surface area contributed by atoms with Gasteiger partial charge in [-0.05, 0) is 19.1 Å². The highest BCUT2D eigenvalue weighted by Gasteiger charge is 2.13. The van der Waals surface area contributed by atoms with Crippen LogP contribution in [-0.4, -0.2) is 17.3 Å². The Morgan fingerprint density at radius 1 is 1.46 bits per heavy atom. The second-order valence-electron chi connectivity index (χ2n) is 2.72. The van der Waals surface area contributed by atoms with Crippen molar-refractivity contribution in [3.05, 3.63) is 22.2 Å². The average molecular weight is 247 g/mol. The molecule has 1 aromatic carbocycles. The van der Waals surface area contributed by atoms with E-state index in [0.717, 1.165) is 4.47 Å². The lowest BCUT2D eigenvalue weighted by Gasteiger charge is -2.11. The molecule has 0 spiro atoms. The van der Waals surface area contributed by atoms with E-state index in [4.69, 9.17) is 4.74 Å². The largest absolute Gasteiger partial charge is 0.504 e. The van der Waals surface area contributed by atoms with E-state index in [1.165, 1.54) is 7.11 Å². The van der Waals surface area contributed by atoms with Crippen molar-refractivity contribution in [2.24, 2.45) is 0 Å². The molecule has 0 fully saturated rings. The number of halogens is 1. The smallest absolute Gasteiger partial charge is 0.163 e. The first-order valence-electron chi connectivity index (χ1n) is 3.80. The molecule has 72 valence electrons. The molecule has 3 nitrogen and oxygen atoms in total. The highest BCUT2D eigenvalue weighted by Crippen LogP contribution is 2.36. The number of hydrogen-bond donors (Lipinski definition) is 2. The second kappa shape index (κ2) is 3.98. The van der Waals surface area contributed by atoms with Gasteiger partial charge >= 0.3 is 0 Å². The van der Waals surface area contributed by atoms with Gasteiger partial charge in [-0.2, -0.15) is 0 Å². The molecule has 0 saturated heterocycles. The van der Waals surface area contributed by atoms with Crippen LogP contribution >= 0.6 is 15.9 Å². The Hall–Kier alpha value is -0.740. The molecule has 1 rings (SSSR count). The van der Waals surface area contributed by atoms with Crippen LogP contribution in [0.5, 0.6) is 11.5 Å². The van der Waals surface area contributed by atoms with E-state index in [1.807, 2.05) is 0 Å². The number of phenolic OH excluding ortho intramolecular Hbond substituents is 1. The molecular formula is C9H11BrO3. The molecule has 0 aromatic heterocycles. The number of benzene rings is 1. The van der Waals surface area contributed by atoms with Crippen LogP contribution in [0.4, 0.5) is 0 Å². The number of aliphatic hydroxyl groups excluding tert-OH is 1. The first-order valence-corrected chi connectivity index (χ1v) is 4.60. The third-order valence-corrected chi connectivity index (χ3v) is 2.20. The molecule has 1 atom stereocenters. The Bertz CT molecular complexity index is 310. The number of ether oxygens (including phenoxy) is 1. The Morgan fingerprint density at radius 3 is 2.54 bits per heavy atom. The van der Waals surface area contributed by atoms with Crippen LogP contribution in [0.1, 0.15) is 18.6 Å². The standard InChI is InChI=1S/C9H11BrO3/c1-5(11)7-3-6(10)4-8(13-2)9(7)12/h3-5,11-12H,1-2H3. The fourth-order valence-electron chi connectivity index (χ4n) is 1.07. The maximum Gasteiger partial charge on any atom is 0.163 e. The van der Waals surface area contributed by atoms with Gasteiger partial charge in [0.2, 0.25) is 0 Å². The summed E-state index contributed by atoms with van der Waals surface area (Å²) < 4.78 is 5.69. The van der Waals surface area contributed by atoms with Crippen molar-refractivity contribution in [3.8, 4) is 11.5 Å². The van der Waals surface area contributed by atoms with E-state index in [1.54, 1.807) is 19.1 Å². The fraction of sp³-hybridized carbons (Fsp3) is 0.333. The summed E-state index contributed by atoms with van der Waals surface area (Å²) in [4.78, 5) is 0. The number of hydrogen-bond acceptors (Lipinski definition) is 3. The highest BCUT2D eigenvalue weighted by molar-refractivity contribution is 9.10. The van der Waals surface area contributed by atoms with Crippen molar-refractivity contribution in [2.75, 3.05) is 7.11 Å².